The Morgan fingerprint density at radius 2 is 1.44 bits per heavy atom. The fraction of sp³-hybridized carbons (Fsp3) is 0.0714. The number of aryl methyl sites for hydroxylation is 1. The molecule has 0 atom stereocenters. The zero-order valence-electron chi connectivity index (χ0n) is 18.5. The van der Waals surface area contributed by atoms with E-state index in [1.807, 2.05) is 79.7 Å². The molecule has 1 N–H and O–H groups in total. The number of nitrogens with one attached hydrogen (secondary N) is 1. The molecule has 0 aliphatic carbocycles. The SMILES string of the molecule is Cc1ccc(-c2nc3ccccc3s2)cc1NC(=O)C(Oc1ccccc1)Oc1ccccc1. The number of ether oxygens (including phenoxy) is 2. The Balaban J connectivity index is 1.41. The molecule has 5 aromatic rings. The van der Waals surface area contributed by atoms with Crippen LogP contribution in [-0.4, -0.2) is 17.2 Å². The van der Waals surface area contributed by atoms with Crippen LogP contribution in [0.25, 0.3) is 20.8 Å². The monoisotopic (exact) mass is 466 g/mol. The van der Waals surface area contributed by atoms with Gasteiger partial charge in [0.1, 0.15) is 16.5 Å². The molecule has 0 saturated carbocycles. The molecule has 0 unspecified atom stereocenters. The number of anilines is 1. The van der Waals surface area contributed by atoms with Crippen molar-refractivity contribution in [3.63, 3.8) is 0 Å². The van der Waals surface area contributed by atoms with Crippen molar-refractivity contribution < 1.29 is 14.3 Å². The van der Waals surface area contributed by atoms with Gasteiger partial charge in [-0.25, -0.2) is 4.98 Å². The summed E-state index contributed by atoms with van der Waals surface area (Å²) < 4.78 is 12.9. The molecule has 1 amide bonds. The van der Waals surface area contributed by atoms with Gasteiger partial charge >= 0.3 is 12.2 Å². The van der Waals surface area contributed by atoms with Gasteiger partial charge in [-0.05, 0) is 55.0 Å². The summed E-state index contributed by atoms with van der Waals surface area (Å²) in [4.78, 5) is 18.0. The van der Waals surface area contributed by atoms with Crippen LogP contribution in [0.1, 0.15) is 5.56 Å². The minimum atomic E-state index is -1.17. The average molecular weight is 467 g/mol. The Bertz CT molecular complexity index is 1340. The quantitative estimate of drug-likeness (QED) is 0.271. The molecule has 6 heteroatoms. The van der Waals surface area contributed by atoms with Crippen molar-refractivity contribution in [1.29, 1.82) is 0 Å². The number of aromatic nitrogens is 1. The number of nitrogens with zero attached hydrogens (tertiary/aromatic N) is 1. The lowest BCUT2D eigenvalue weighted by Crippen LogP contribution is -2.38. The largest absolute Gasteiger partial charge is 0.446 e. The van der Waals surface area contributed by atoms with Gasteiger partial charge in [0, 0.05) is 11.3 Å². The lowest BCUT2D eigenvalue weighted by Gasteiger charge is -2.20. The standard InChI is InChI=1S/C28H22N2O3S/c1-19-16-17-20(27-30-23-14-8-9-15-25(23)34-27)18-24(19)29-26(31)28(32-21-10-4-2-5-11-21)33-22-12-6-3-7-13-22/h2-18,28H,1H3,(H,29,31). The Morgan fingerprint density at radius 1 is 0.824 bits per heavy atom. The van der Waals surface area contributed by atoms with E-state index in [2.05, 4.69) is 11.4 Å². The van der Waals surface area contributed by atoms with Gasteiger partial charge in [-0.3, -0.25) is 4.79 Å². The molecule has 4 aromatic carbocycles. The molecule has 34 heavy (non-hydrogen) atoms. The van der Waals surface area contributed by atoms with Crippen molar-refractivity contribution in [3.8, 4) is 22.1 Å². The summed E-state index contributed by atoms with van der Waals surface area (Å²) in [6, 6.07) is 32.3. The lowest BCUT2D eigenvalue weighted by atomic mass is 10.1. The number of amides is 1. The molecule has 0 radical (unpaired) electrons. The fourth-order valence-electron chi connectivity index (χ4n) is 3.45. The highest BCUT2D eigenvalue weighted by Crippen LogP contribution is 2.32. The highest BCUT2D eigenvalue weighted by Gasteiger charge is 2.24. The molecule has 0 spiro atoms. The fourth-order valence-corrected chi connectivity index (χ4v) is 4.42. The Morgan fingerprint density at radius 3 is 2.09 bits per heavy atom. The normalized spacial score (nSPS) is 10.9. The first-order valence-electron chi connectivity index (χ1n) is 10.9. The van der Waals surface area contributed by atoms with Crippen LogP contribution in [0.2, 0.25) is 0 Å². The van der Waals surface area contributed by atoms with Crippen LogP contribution < -0.4 is 14.8 Å². The molecule has 1 aromatic heterocycles. The first kappa shape index (κ1) is 21.7. The Labute approximate surface area is 201 Å². The van der Waals surface area contributed by atoms with Crippen molar-refractivity contribution in [2.45, 2.75) is 13.2 Å². The van der Waals surface area contributed by atoms with Crippen LogP contribution in [0.15, 0.2) is 103 Å². The maximum Gasteiger partial charge on any atom is 0.321 e. The third kappa shape index (κ3) is 4.92. The summed E-state index contributed by atoms with van der Waals surface area (Å²) in [5.74, 6) is 0.675. The number of para-hydroxylation sites is 3. The van der Waals surface area contributed by atoms with Crippen LogP contribution >= 0.6 is 11.3 Å². The van der Waals surface area contributed by atoms with Gasteiger partial charge in [0.15, 0.2) is 0 Å². The summed E-state index contributed by atoms with van der Waals surface area (Å²) in [7, 11) is 0. The minimum Gasteiger partial charge on any atom is -0.446 e. The Kier molecular flexibility index (Phi) is 6.23. The van der Waals surface area contributed by atoms with Crippen LogP contribution in [0.5, 0.6) is 11.5 Å². The van der Waals surface area contributed by atoms with Crippen LogP contribution in [0.4, 0.5) is 5.69 Å². The summed E-state index contributed by atoms with van der Waals surface area (Å²) in [5.41, 5.74) is 3.50. The second kappa shape index (κ2) is 9.77. The molecule has 0 saturated heterocycles. The third-order valence-corrected chi connectivity index (χ3v) is 6.31. The van der Waals surface area contributed by atoms with Gasteiger partial charge in [0.25, 0.3) is 0 Å². The summed E-state index contributed by atoms with van der Waals surface area (Å²) in [5, 5.41) is 3.88. The van der Waals surface area contributed by atoms with Crippen LogP contribution in [0.3, 0.4) is 0 Å². The smallest absolute Gasteiger partial charge is 0.321 e. The van der Waals surface area contributed by atoms with Gasteiger partial charge in [0.05, 0.1) is 10.2 Å². The molecule has 0 aliphatic heterocycles. The summed E-state index contributed by atoms with van der Waals surface area (Å²) >= 11 is 1.62. The predicted molar refractivity (Wildman–Crippen MR) is 136 cm³/mol. The van der Waals surface area contributed by atoms with E-state index in [0.717, 1.165) is 26.4 Å². The van der Waals surface area contributed by atoms with Crippen molar-refractivity contribution in [2.24, 2.45) is 0 Å². The Hall–Kier alpha value is -4.16. The molecule has 1 heterocycles. The maximum absolute atomic E-state index is 13.3. The first-order chi connectivity index (χ1) is 16.7. The van der Waals surface area contributed by atoms with Crippen molar-refractivity contribution in [3.05, 3.63) is 109 Å². The number of hydrogen-bond acceptors (Lipinski definition) is 5. The average Bonchev–Trinajstić information content (AvgIpc) is 3.31. The van der Waals surface area contributed by atoms with E-state index >= 15 is 0 Å². The number of carbonyl (C=O) groups excluding carboxylic acids is 1. The van der Waals surface area contributed by atoms with Gasteiger partial charge in [-0.1, -0.05) is 60.7 Å². The highest BCUT2D eigenvalue weighted by molar-refractivity contribution is 7.21. The number of fused-ring (bicyclic) bond motifs is 1. The topological polar surface area (TPSA) is 60.5 Å². The molecule has 0 aliphatic rings. The highest BCUT2D eigenvalue weighted by atomic mass is 32.1. The molecule has 0 bridgehead atoms. The number of benzene rings is 4. The van der Waals surface area contributed by atoms with E-state index in [1.54, 1.807) is 35.6 Å². The lowest BCUT2D eigenvalue weighted by molar-refractivity contribution is -0.134. The zero-order chi connectivity index (χ0) is 23.3. The molecular formula is C28H22N2O3S. The van der Waals surface area contributed by atoms with Gasteiger partial charge in [0.2, 0.25) is 0 Å². The molecular weight excluding hydrogens is 444 g/mol. The number of carbonyl (C=O) groups is 1. The second-order valence-corrected chi connectivity index (χ2v) is 8.73. The first-order valence-corrected chi connectivity index (χ1v) is 11.7. The zero-order valence-corrected chi connectivity index (χ0v) is 19.3. The predicted octanol–water partition coefficient (Wildman–Crippen LogP) is 6.69. The van der Waals surface area contributed by atoms with Crippen molar-refractivity contribution in [1.82, 2.24) is 4.98 Å². The van der Waals surface area contributed by atoms with Crippen LogP contribution in [0, 0.1) is 6.92 Å². The van der Waals surface area contributed by atoms with E-state index in [1.165, 1.54) is 0 Å². The van der Waals surface area contributed by atoms with Gasteiger partial charge in [-0.15, -0.1) is 11.3 Å². The number of thiazole rings is 1. The minimum absolute atomic E-state index is 0.405. The van der Waals surface area contributed by atoms with Crippen molar-refractivity contribution in [2.75, 3.05) is 5.32 Å². The molecule has 5 rings (SSSR count). The second-order valence-electron chi connectivity index (χ2n) is 7.70. The maximum atomic E-state index is 13.3. The van der Waals surface area contributed by atoms with E-state index in [4.69, 9.17) is 14.5 Å². The molecule has 0 fully saturated rings. The van der Waals surface area contributed by atoms with E-state index < -0.39 is 12.2 Å². The molecule has 5 nitrogen and oxygen atoms in total. The number of hydrogen-bond donors (Lipinski definition) is 1. The number of rotatable bonds is 7. The van der Waals surface area contributed by atoms with E-state index in [-0.39, 0.29) is 0 Å². The third-order valence-electron chi connectivity index (χ3n) is 5.22. The van der Waals surface area contributed by atoms with Gasteiger partial charge < -0.3 is 14.8 Å². The van der Waals surface area contributed by atoms with Crippen molar-refractivity contribution >= 4 is 33.1 Å². The van der Waals surface area contributed by atoms with E-state index in [9.17, 15) is 4.79 Å². The summed E-state index contributed by atoms with van der Waals surface area (Å²) in [6.45, 7) is 1.95. The molecule has 168 valence electrons. The van der Waals surface area contributed by atoms with E-state index in [0.29, 0.717) is 17.2 Å². The van der Waals surface area contributed by atoms with Crippen LogP contribution in [-0.2, 0) is 4.79 Å². The summed E-state index contributed by atoms with van der Waals surface area (Å²) in [6.07, 6.45) is -1.17. The van der Waals surface area contributed by atoms with Gasteiger partial charge in [-0.2, -0.15) is 0 Å².